The minimum absolute atomic E-state index is 0.0129. The number of carbonyl (C=O) groups excluding carboxylic acids is 1. The minimum Gasteiger partial charge on any atom is -0.326 e. The first-order valence-electron chi connectivity index (χ1n) is 5.78. The smallest absolute Gasteiger partial charge is 0.224 e. The Morgan fingerprint density at radius 1 is 1.28 bits per heavy atom. The first-order valence-corrected chi connectivity index (χ1v) is 6.16. The largest absolute Gasteiger partial charge is 0.326 e. The lowest BCUT2D eigenvalue weighted by Gasteiger charge is -2.04. The van der Waals surface area contributed by atoms with Gasteiger partial charge < -0.3 is 5.32 Å². The molecule has 0 aliphatic carbocycles. The van der Waals surface area contributed by atoms with Crippen LogP contribution in [0.1, 0.15) is 25.7 Å². The van der Waals surface area contributed by atoms with E-state index in [0.717, 1.165) is 24.9 Å². The van der Waals surface area contributed by atoms with E-state index in [-0.39, 0.29) is 5.91 Å². The molecule has 5 nitrogen and oxygen atoms in total. The highest BCUT2D eigenvalue weighted by Crippen LogP contribution is 2.14. The molecule has 0 unspecified atom stereocenters. The molecule has 6 heteroatoms. The van der Waals surface area contributed by atoms with E-state index in [4.69, 9.17) is 17.1 Å². The third-order valence-electron chi connectivity index (χ3n) is 2.35. The molecule has 1 rings (SSSR count). The standard InChI is InChI=1S/C12H15ClN4O/c13-10-5-7-11(8-6-10)16-12(18)4-2-1-3-9-15-17-14/h5-8H,1-4,9H2,(H,16,18). The van der Waals surface area contributed by atoms with Gasteiger partial charge in [0.2, 0.25) is 5.91 Å². The molecular weight excluding hydrogens is 252 g/mol. The zero-order chi connectivity index (χ0) is 13.2. The van der Waals surface area contributed by atoms with Gasteiger partial charge in [0.05, 0.1) is 0 Å². The number of azide groups is 1. The van der Waals surface area contributed by atoms with Gasteiger partial charge in [-0.2, -0.15) is 0 Å². The number of unbranched alkanes of at least 4 members (excludes halogenated alkanes) is 2. The monoisotopic (exact) mass is 266 g/mol. The quantitative estimate of drug-likeness (QED) is 0.342. The fourth-order valence-electron chi connectivity index (χ4n) is 1.45. The number of nitrogens with one attached hydrogen (secondary N) is 1. The van der Waals surface area contributed by atoms with E-state index in [1.165, 1.54) is 0 Å². The van der Waals surface area contributed by atoms with Crippen LogP contribution in [0.4, 0.5) is 5.69 Å². The summed E-state index contributed by atoms with van der Waals surface area (Å²) >= 11 is 5.75. The number of hydrogen-bond acceptors (Lipinski definition) is 2. The van der Waals surface area contributed by atoms with Gasteiger partial charge in [-0.25, -0.2) is 0 Å². The van der Waals surface area contributed by atoms with Gasteiger partial charge in [0, 0.05) is 28.6 Å². The predicted molar refractivity (Wildman–Crippen MR) is 72.6 cm³/mol. The number of halogens is 1. The molecule has 0 radical (unpaired) electrons. The van der Waals surface area contributed by atoms with Crippen molar-refractivity contribution < 1.29 is 4.79 Å². The highest BCUT2D eigenvalue weighted by atomic mass is 35.5. The van der Waals surface area contributed by atoms with Crippen molar-refractivity contribution in [3.8, 4) is 0 Å². The van der Waals surface area contributed by atoms with E-state index in [1.54, 1.807) is 24.3 Å². The topological polar surface area (TPSA) is 77.9 Å². The second kappa shape index (κ2) is 8.39. The maximum Gasteiger partial charge on any atom is 0.224 e. The van der Waals surface area contributed by atoms with Crippen molar-refractivity contribution >= 4 is 23.2 Å². The molecule has 96 valence electrons. The molecule has 0 saturated heterocycles. The number of amides is 1. The lowest BCUT2D eigenvalue weighted by Crippen LogP contribution is -2.10. The van der Waals surface area contributed by atoms with E-state index < -0.39 is 0 Å². The first-order chi connectivity index (χ1) is 8.72. The van der Waals surface area contributed by atoms with Crippen molar-refractivity contribution in [1.29, 1.82) is 0 Å². The van der Waals surface area contributed by atoms with Gasteiger partial charge in [0.1, 0.15) is 0 Å². The number of benzene rings is 1. The molecule has 0 spiro atoms. The molecule has 0 atom stereocenters. The van der Waals surface area contributed by atoms with Gasteiger partial charge >= 0.3 is 0 Å². The summed E-state index contributed by atoms with van der Waals surface area (Å²) in [5.41, 5.74) is 8.83. The average Bonchev–Trinajstić information content (AvgIpc) is 2.36. The van der Waals surface area contributed by atoms with Crippen molar-refractivity contribution in [3.63, 3.8) is 0 Å². The maximum atomic E-state index is 11.6. The van der Waals surface area contributed by atoms with Gasteiger partial charge in [0.15, 0.2) is 0 Å². The van der Waals surface area contributed by atoms with Crippen LogP contribution in [-0.2, 0) is 4.79 Å². The van der Waals surface area contributed by atoms with Gasteiger partial charge in [-0.15, -0.1) is 0 Å². The van der Waals surface area contributed by atoms with Crippen molar-refractivity contribution in [2.75, 3.05) is 11.9 Å². The van der Waals surface area contributed by atoms with Crippen molar-refractivity contribution in [3.05, 3.63) is 39.7 Å². The van der Waals surface area contributed by atoms with Crippen LogP contribution >= 0.6 is 11.6 Å². The molecule has 1 aromatic carbocycles. The molecule has 0 saturated carbocycles. The number of carbonyl (C=O) groups is 1. The SMILES string of the molecule is [N-]=[N+]=NCCCCCC(=O)Nc1ccc(Cl)cc1. The van der Waals surface area contributed by atoms with Crippen LogP contribution in [0.3, 0.4) is 0 Å². The van der Waals surface area contributed by atoms with Crippen molar-refractivity contribution in [1.82, 2.24) is 0 Å². The Balaban J connectivity index is 2.17. The zero-order valence-electron chi connectivity index (χ0n) is 9.97. The Morgan fingerprint density at radius 2 is 2.00 bits per heavy atom. The molecule has 0 fully saturated rings. The minimum atomic E-state index is -0.0129. The summed E-state index contributed by atoms with van der Waals surface area (Å²) in [6.07, 6.45) is 2.96. The Morgan fingerprint density at radius 3 is 2.67 bits per heavy atom. The van der Waals surface area contributed by atoms with Crippen LogP contribution in [0.2, 0.25) is 5.02 Å². The number of rotatable bonds is 7. The second-order valence-electron chi connectivity index (χ2n) is 3.82. The van der Waals surface area contributed by atoms with E-state index in [1.807, 2.05) is 0 Å². The number of nitrogens with zero attached hydrogens (tertiary/aromatic N) is 3. The van der Waals surface area contributed by atoms with Crippen LogP contribution in [0.25, 0.3) is 10.4 Å². The summed E-state index contributed by atoms with van der Waals surface area (Å²) in [7, 11) is 0. The Bertz CT molecular complexity index is 426. The fraction of sp³-hybridized carbons (Fsp3) is 0.417. The Hall–Kier alpha value is -1.71. The van der Waals surface area contributed by atoms with Gasteiger partial charge in [-0.05, 0) is 42.6 Å². The number of hydrogen-bond donors (Lipinski definition) is 1. The highest BCUT2D eigenvalue weighted by Gasteiger charge is 2.01. The summed E-state index contributed by atoms with van der Waals surface area (Å²) in [6, 6.07) is 7.00. The summed E-state index contributed by atoms with van der Waals surface area (Å²) in [5.74, 6) is -0.0129. The average molecular weight is 267 g/mol. The van der Waals surface area contributed by atoms with Gasteiger partial charge in [0.25, 0.3) is 0 Å². The molecule has 0 aliphatic rings. The van der Waals surface area contributed by atoms with Crippen LogP contribution in [0.5, 0.6) is 0 Å². The number of anilines is 1. The van der Waals surface area contributed by atoms with Crippen LogP contribution in [0, 0.1) is 0 Å². The summed E-state index contributed by atoms with van der Waals surface area (Å²) < 4.78 is 0. The van der Waals surface area contributed by atoms with Crippen LogP contribution in [-0.4, -0.2) is 12.5 Å². The van der Waals surface area contributed by atoms with E-state index in [2.05, 4.69) is 15.3 Å². The molecule has 1 N–H and O–H groups in total. The lowest BCUT2D eigenvalue weighted by molar-refractivity contribution is -0.116. The molecule has 0 heterocycles. The second-order valence-corrected chi connectivity index (χ2v) is 4.26. The van der Waals surface area contributed by atoms with Crippen LogP contribution < -0.4 is 5.32 Å². The van der Waals surface area contributed by atoms with Gasteiger partial charge in [-0.3, -0.25) is 4.79 Å². The summed E-state index contributed by atoms with van der Waals surface area (Å²) in [5, 5.41) is 6.87. The van der Waals surface area contributed by atoms with E-state index >= 15 is 0 Å². The predicted octanol–water partition coefficient (Wildman–Crippen LogP) is 4.15. The normalized spacial score (nSPS) is 9.61. The Labute approximate surface area is 111 Å². The summed E-state index contributed by atoms with van der Waals surface area (Å²) in [4.78, 5) is 14.2. The van der Waals surface area contributed by atoms with Crippen molar-refractivity contribution in [2.45, 2.75) is 25.7 Å². The highest BCUT2D eigenvalue weighted by molar-refractivity contribution is 6.30. The molecule has 18 heavy (non-hydrogen) atoms. The molecule has 1 aromatic rings. The van der Waals surface area contributed by atoms with Crippen molar-refractivity contribution in [2.24, 2.45) is 5.11 Å². The molecular formula is C12H15ClN4O. The maximum absolute atomic E-state index is 11.6. The van der Waals surface area contributed by atoms with E-state index in [9.17, 15) is 4.79 Å². The lowest BCUT2D eigenvalue weighted by atomic mass is 10.2. The third-order valence-corrected chi connectivity index (χ3v) is 2.61. The Kier molecular flexibility index (Phi) is 6.69. The molecule has 0 aromatic heterocycles. The molecule has 0 bridgehead atoms. The fourth-order valence-corrected chi connectivity index (χ4v) is 1.57. The van der Waals surface area contributed by atoms with E-state index in [0.29, 0.717) is 18.0 Å². The molecule has 0 aliphatic heterocycles. The van der Waals surface area contributed by atoms with Gasteiger partial charge in [-0.1, -0.05) is 23.1 Å². The first kappa shape index (κ1) is 14.4. The zero-order valence-corrected chi connectivity index (χ0v) is 10.7. The molecule has 1 amide bonds. The third kappa shape index (κ3) is 6.13. The summed E-state index contributed by atoms with van der Waals surface area (Å²) in [6.45, 7) is 0.495. The van der Waals surface area contributed by atoms with Crippen LogP contribution in [0.15, 0.2) is 29.4 Å².